The number of aromatic amines is 1. The van der Waals surface area contributed by atoms with Crippen molar-refractivity contribution in [3.8, 4) is 0 Å². The average molecular weight is 477 g/mol. The number of nitrogens with zero attached hydrogens (tertiary/aromatic N) is 1. The Bertz CT molecular complexity index is 1260. The summed E-state index contributed by atoms with van der Waals surface area (Å²) in [7, 11) is 0. The van der Waals surface area contributed by atoms with E-state index in [4.69, 9.17) is 11.6 Å². The third-order valence-corrected chi connectivity index (χ3v) is 6.09. The van der Waals surface area contributed by atoms with Gasteiger partial charge in [-0.3, -0.25) is 4.79 Å². The zero-order valence-corrected chi connectivity index (χ0v) is 18.2. The maximum Gasteiger partial charge on any atom is 0.417 e. The fraction of sp³-hybridized carbons (Fsp3) is 0.130. The smallest absolute Gasteiger partial charge is 0.325 e. The number of carbonyl (C=O) groups is 1. The maximum absolute atomic E-state index is 13.1. The lowest BCUT2D eigenvalue weighted by Gasteiger charge is -2.11. The number of hydrogen-bond donors (Lipinski definition) is 2. The Balaban J connectivity index is 1.51. The third kappa shape index (κ3) is 5.08. The zero-order chi connectivity index (χ0) is 22.7. The van der Waals surface area contributed by atoms with Crippen LogP contribution in [0.4, 0.5) is 18.9 Å². The number of halogens is 4. The Labute approximate surface area is 191 Å². The van der Waals surface area contributed by atoms with Crippen LogP contribution in [0.1, 0.15) is 11.1 Å². The van der Waals surface area contributed by atoms with Crippen LogP contribution in [-0.4, -0.2) is 16.6 Å². The molecular weight excluding hydrogens is 459 g/mol. The molecule has 4 nitrogen and oxygen atoms in total. The van der Waals surface area contributed by atoms with Crippen molar-refractivity contribution in [2.75, 3.05) is 11.1 Å². The van der Waals surface area contributed by atoms with Gasteiger partial charge in [-0.05, 0) is 47.7 Å². The van der Waals surface area contributed by atoms with Gasteiger partial charge in [0.25, 0.3) is 0 Å². The van der Waals surface area contributed by atoms with Crippen molar-refractivity contribution in [2.24, 2.45) is 0 Å². The summed E-state index contributed by atoms with van der Waals surface area (Å²) < 4.78 is 41.2. The third-order valence-electron chi connectivity index (χ3n) is 4.76. The van der Waals surface area contributed by atoms with E-state index in [-0.39, 0.29) is 11.4 Å². The maximum atomic E-state index is 13.1. The van der Waals surface area contributed by atoms with E-state index < -0.39 is 22.7 Å². The van der Waals surface area contributed by atoms with Crippen LogP contribution in [-0.2, 0) is 17.5 Å². The van der Waals surface area contributed by atoms with Gasteiger partial charge >= 0.3 is 11.3 Å². The Kier molecular flexibility index (Phi) is 6.43. The van der Waals surface area contributed by atoms with Gasteiger partial charge < -0.3 is 5.32 Å². The van der Waals surface area contributed by atoms with Crippen LogP contribution in [0.25, 0.3) is 11.0 Å². The first-order chi connectivity index (χ1) is 15.3. The number of alkyl halides is 3. The van der Waals surface area contributed by atoms with Crippen LogP contribution >= 0.6 is 23.4 Å². The van der Waals surface area contributed by atoms with Gasteiger partial charge in [-0.1, -0.05) is 54.1 Å². The number of nitrogens with one attached hydrogen (secondary N) is 2. The summed E-state index contributed by atoms with van der Waals surface area (Å²) in [5.41, 5.74) is 2.09. The van der Waals surface area contributed by atoms with Gasteiger partial charge in [0.05, 0.1) is 16.3 Å². The van der Waals surface area contributed by atoms with Gasteiger partial charge in [0.15, 0.2) is 11.0 Å². The quantitative estimate of drug-likeness (QED) is 0.268. The summed E-state index contributed by atoms with van der Waals surface area (Å²) in [6.45, 7) is 0.612. The molecule has 0 fully saturated rings. The minimum atomic E-state index is -4.60. The number of aromatic nitrogens is 2. The summed E-state index contributed by atoms with van der Waals surface area (Å²) in [5, 5.41) is 2.88. The molecular formula is C23H18ClF3N3OS+. The predicted molar refractivity (Wildman–Crippen MR) is 120 cm³/mol. The van der Waals surface area contributed by atoms with Crippen LogP contribution in [0.15, 0.2) is 78.0 Å². The Morgan fingerprint density at radius 2 is 1.75 bits per heavy atom. The molecule has 0 unspecified atom stereocenters. The lowest BCUT2D eigenvalue weighted by molar-refractivity contribution is -0.700. The number of imidazole rings is 1. The number of para-hydroxylation sites is 2. The summed E-state index contributed by atoms with van der Waals surface area (Å²) in [4.78, 5) is 15.8. The van der Waals surface area contributed by atoms with E-state index in [2.05, 4.69) is 14.9 Å². The van der Waals surface area contributed by atoms with Gasteiger partial charge in [-0.2, -0.15) is 13.2 Å². The minimum absolute atomic E-state index is 0.0194. The standard InChI is InChI=1S/C23H17ClF3N3OS/c24-18-11-10-16(12-17(18)23(25,26)27)28-21(31)14-32-22-29-19-8-4-5-9-20(19)30(22)13-15-6-2-1-3-7-15/h1-12H,13-14H2,(H,28,31)/p+1. The topological polar surface area (TPSA) is 48.8 Å². The number of H-pyrrole nitrogens is 1. The van der Waals surface area contributed by atoms with E-state index >= 15 is 0 Å². The lowest BCUT2D eigenvalue weighted by atomic mass is 10.2. The van der Waals surface area contributed by atoms with Crippen molar-refractivity contribution >= 4 is 46.0 Å². The molecule has 0 aliphatic carbocycles. The van der Waals surface area contributed by atoms with Gasteiger partial charge in [0, 0.05) is 5.69 Å². The number of thioether (sulfide) groups is 1. The molecule has 0 saturated carbocycles. The number of anilines is 1. The van der Waals surface area contributed by atoms with Crippen molar-refractivity contribution in [1.82, 2.24) is 4.98 Å². The van der Waals surface area contributed by atoms with Crippen molar-refractivity contribution in [2.45, 2.75) is 17.9 Å². The van der Waals surface area contributed by atoms with E-state index in [1.54, 1.807) is 0 Å². The van der Waals surface area contributed by atoms with E-state index in [1.807, 2.05) is 54.6 Å². The predicted octanol–water partition coefficient (Wildman–Crippen LogP) is 5.91. The van der Waals surface area contributed by atoms with E-state index in [9.17, 15) is 18.0 Å². The van der Waals surface area contributed by atoms with Gasteiger partial charge in [0.1, 0.15) is 6.54 Å². The number of hydrogen-bond acceptors (Lipinski definition) is 2. The molecule has 2 N–H and O–H groups in total. The number of fused-ring (bicyclic) bond motifs is 1. The first kappa shape index (κ1) is 22.2. The molecule has 0 radical (unpaired) electrons. The largest absolute Gasteiger partial charge is 0.417 e. The van der Waals surface area contributed by atoms with Crippen LogP contribution < -0.4 is 9.88 Å². The molecule has 1 amide bonds. The van der Waals surface area contributed by atoms with E-state index in [0.29, 0.717) is 6.54 Å². The normalized spacial score (nSPS) is 11.6. The zero-order valence-electron chi connectivity index (χ0n) is 16.6. The Morgan fingerprint density at radius 1 is 1.03 bits per heavy atom. The van der Waals surface area contributed by atoms with Gasteiger partial charge in [-0.25, -0.2) is 9.55 Å². The number of rotatable bonds is 6. The van der Waals surface area contributed by atoms with Crippen LogP contribution in [0.3, 0.4) is 0 Å². The minimum Gasteiger partial charge on any atom is -0.325 e. The first-order valence-electron chi connectivity index (χ1n) is 9.65. The molecule has 9 heteroatoms. The van der Waals surface area contributed by atoms with Crippen molar-refractivity contribution in [1.29, 1.82) is 0 Å². The van der Waals surface area contributed by atoms with Crippen LogP contribution in [0.5, 0.6) is 0 Å². The number of benzene rings is 3. The second-order valence-electron chi connectivity index (χ2n) is 7.05. The summed E-state index contributed by atoms with van der Waals surface area (Å²) in [6.07, 6.45) is -4.60. The monoisotopic (exact) mass is 476 g/mol. The second-order valence-corrected chi connectivity index (χ2v) is 8.42. The van der Waals surface area contributed by atoms with Gasteiger partial charge in [0.2, 0.25) is 5.91 Å². The molecule has 0 aliphatic rings. The average Bonchev–Trinajstić information content (AvgIpc) is 3.11. The molecule has 3 aromatic carbocycles. The Morgan fingerprint density at radius 3 is 2.50 bits per heavy atom. The molecule has 1 heterocycles. The number of amides is 1. The first-order valence-corrected chi connectivity index (χ1v) is 11.0. The Hall–Kier alpha value is -2.97. The molecule has 0 saturated heterocycles. The van der Waals surface area contributed by atoms with Crippen molar-refractivity contribution in [3.63, 3.8) is 0 Å². The molecule has 1 aromatic heterocycles. The van der Waals surface area contributed by atoms with Crippen LogP contribution in [0.2, 0.25) is 5.02 Å². The fourth-order valence-corrected chi connectivity index (χ4v) is 4.36. The highest BCUT2D eigenvalue weighted by atomic mass is 35.5. The summed E-state index contributed by atoms with van der Waals surface area (Å²) in [6, 6.07) is 21.0. The number of carbonyl (C=O) groups excluding carboxylic acids is 1. The van der Waals surface area contributed by atoms with E-state index in [1.165, 1.54) is 17.8 Å². The second kappa shape index (κ2) is 9.26. The van der Waals surface area contributed by atoms with E-state index in [0.717, 1.165) is 33.9 Å². The highest BCUT2D eigenvalue weighted by molar-refractivity contribution is 7.99. The molecule has 4 rings (SSSR count). The van der Waals surface area contributed by atoms with Crippen molar-refractivity contribution < 1.29 is 22.5 Å². The molecule has 0 spiro atoms. The van der Waals surface area contributed by atoms with Gasteiger partial charge in [-0.15, -0.1) is 0 Å². The molecule has 164 valence electrons. The molecule has 0 atom stereocenters. The molecule has 0 aliphatic heterocycles. The fourth-order valence-electron chi connectivity index (χ4n) is 3.30. The lowest BCUT2D eigenvalue weighted by Crippen LogP contribution is -2.35. The molecule has 0 bridgehead atoms. The SMILES string of the molecule is O=C(CSc1[nH]c2ccccc2[n+]1Cc1ccccc1)Nc1ccc(Cl)c(C(F)(F)F)c1. The molecule has 4 aromatic rings. The van der Waals surface area contributed by atoms with Crippen molar-refractivity contribution in [3.05, 3.63) is 88.9 Å². The summed E-state index contributed by atoms with van der Waals surface area (Å²) >= 11 is 6.92. The highest BCUT2D eigenvalue weighted by Crippen LogP contribution is 2.36. The highest BCUT2D eigenvalue weighted by Gasteiger charge is 2.33. The van der Waals surface area contributed by atoms with Crippen LogP contribution in [0, 0.1) is 0 Å². The summed E-state index contributed by atoms with van der Waals surface area (Å²) in [5.74, 6) is -0.402. The molecule has 32 heavy (non-hydrogen) atoms.